The fourth-order valence-corrected chi connectivity index (χ4v) is 4.27. The minimum atomic E-state index is -0.585. The molecule has 3 heterocycles. The van der Waals surface area contributed by atoms with Crippen molar-refractivity contribution >= 4 is 11.8 Å². The quantitative estimate of drug-likeness (QED) is 0.558. The van der Waals surface area contributed by atoms with Gasteiger partial charge < -0.3 is 14.5 Å². The maximum atomic E-state index is 13.5. The number of carbonyl (C=O) groups excluding carboxylic acids is 2. The van der Waals surface area contributed by atoms with Crippen LogP contribution in [0.25, 0.3) is 11.1 Å². The lowest BCUT2D eigenvalue weighted by atomic mass is 9.93. The number of hydrogen-bond donors (Lipinski definition) is 0. The van der Waals surface area contributed by atoms with Crippen molar-refractivity contribution in [2.75, 3.05) is 26.7 Å². The second-order valence-corrected chi connectivity index (χ2v) is 8.03. The first-order chi connectivity index (χ1) is 16.1. The Morgan fingerprint density at radius 2 is 1.94 bits per heavy atom. The van der Waals surface area contributed by atoms with Crippen molar-refractivity contribution in [3.63, 3.8) is 0 Å². The normalized spacial score (nSPS) is 16.1. The maximum absolute atomic E-state index is 13.5. The minimum Gasteiger partial charge on any atom is -0.481 e. The number of carbonyl (C=O) groups is 2. The molecule has 0 saturated carbocycles. The SMILES string of the molecule is CCCN1CCN(C(=O)c2ccc(OC)nc2)[C@@H](Cc2ccccc2-c2cccnc2)C1=O. The molecule has 1 saturated heterocycles. The summed E-state index contributed by atoms with van der Waals surface area (Å²) in [7, 11) is 1.53. The first-order valence-electron chi connectivity index (χ1n) is 11.2. The van der Waals surface area contributed by atoms with Crippen LogP contribution in [0.4, 0.5) is 0 Å². The summed E-state index contributed by atoms with van der Waals surface area (Å²) in [4.78, 5) is 38.9. The van der Waals surface area contributed by atoms with Gasteiger partial charge >= 0.3 is 0 Å². The highest BCUT2D eigenvalue weighted by Gasteiger charge is 2.38. The Morgan fingerprint density at radius 3 is 2.64 bits per heavy atom. The summed E-state index contributed by atoms with van der Waals surface area (Å²) in [6.07, 6.45) is 6.37. The molecule has 4 rings (SSSR count). The molecule has 1 aliphatic rings. The highest BCUT2D eigenvalue weighted by molar-refractivity contribution is 5.98. The van der Waals surface area contributed by atoms with E-state index in [9.17, 15) is 9.59 Å². The number of amides is 2. The molecule has 3 aromatic rings. The second kappa shape index (κ2) is 10.3. The van der Waals surface area contributed by atoms with Gasteiger partial charge in [0.05, 0.1) is 12.7 Å². The average molecular weight is 445 g/mol. The Balaban J connectivity index is 1.67. The zero-order valence-electron chi connectivity index (χ0n) is 19.0. The van der Waals surface area contributed by atoms with Crippen LogP contribution in [0.3, 0.4) is 0 Å². The van der Waals surface area contributed by atoms with Crippen molar-refractivity contribution in [2.24, 2.45) is 0 Å². The van der Waals surface area contributed by atoms with Gasteiger partial charge in [-0.3, -0.25) is 14.6 Å². The van der Waals surface area contributed by atoms with Crippen molar-refractivity contribution in [3.8, 4) is 17.0 Å². The van der Waals surface area contributed by atoms with Crippen LogP contribution in [-0.4, -0.2) is 64.4 Å². The Morgan fingerprint density at radius 1 is 1.09 bits per heavy atom. The van der Waals surface area contributed by atoms with Gasteiger partial charge in [0, 0.05) is 56.3 Å². The summed E-state index contributed by atoms with van der Waals surface area (Å²) >= 11 is 0. The Kier molecular flexibility index (Phi) is 6.98. The molecule has 2 amide bonds. The Labute approximate surface area is 194 Å². The number of pyridine rings is 2. The van der Waals surface area contributed by atoms with Gasteiger partial charge in [-0.05, 0) is 29.7 Å². The monoisotopic (exact) mass is 444 g/mol. The van der Waals surface area contributed by atoms with Crippen molar-refractivity contribution in [2.45, 2.75) is 25.8 Å². The molecule has 0 unspecified atom stereocenters. The highest BCUT2D eigenvalue weighted by Crippen LogP contribution is 2.27. The van der Waals surface area contributed by atoms with E-state index in [4.69, 9.17) is 4.74 Å². The van der Waals surface area contributed by atoms with Crippen LogP contribution in [0.5, 0.6) is 5.88 Å². The Hall–Kier alpha value is -3.74. The van der Waals surface area contributed by atoms with Crippen molar-refractivity contribution < 1.29 is 14.3 Å². The molecule has 1 fully saturated rings. The standard InChI is InChI=1S/C26H28N4O3/c1-3-13-29-14-15-30(25(31)21-10-11-24(33-2)28-18-21)23(26(29)32)16-19-7-4-5-9-22(19)20-8-6-12-27-17-20/h4-12,17-18,23H,3,13-16H2,1-2H3/t23-/m0/s1. The molecular weight excluding hydrogens is 416 g/mol. The number of rotatable bonds is 7. The molecule has 0 bridgehead atoms. The lowest BCUT2D eigenvalue weighted by Crippen LogP contribution is -2.59. The van der Waals surface area contributed by atoms with Crippen LogP contribution in [0, 0.1) is 0 Å². The number of methoxy groups -OCH3 is 1. The van der Waals surface area contributed by atoms with Crippen molar-refractivity contribution in [3.05, 3.63) is 78.2 Å². The number of benzene rings is 1. The van der Waals surface area contributed by atoms with Gasteiger partial charge in [0.2, 0.25) is 11.8 Å². The minimum absolute atomic E-state index is 0.0149. The second-order valence-electron chi connectivity index (χ2n) is 8.03. The van der Waals surface area contributed by atoms with Crippen LogP contribution >= 0.6 is 0 Å². The molecule has 7 nitrogen and oxygen atoms in total. The molecule has 1 aromatic carbocycles. The van der Waals surface area contributed by atoms with E-state index in [1.165, 1.54) is 13.3 Å². The van der Waals surface area contributed by atoms with Gasteiger partial charge in [-0.25, -0.2) is 4.98 Å². The molecule has 0 radical (unpaired) electrons. The zero-order valence-corrected chi connectivity index (χ0v) is 19.0. The lowest BCUT2D eigenvalue weighted by molar-refractivity contribution is -0.140. The number of aromatic nitrogens is 2. The maximum Gasteiger partial charge on any atom is 0.256 e. The molecule has 33 heavy (non-hydrogen) atoms. The summed E-state index contributed by atoms with van der Waals surface area (Å²) in [6, 6.07) is 14.7. The third-order valence-electron chi connectivity index (χ3n) is 5.93. The first kappa shape index (κ1) is 22.5. The molecule has 1 aliphatic heterocycles. The number of ether oxygens (including phenoxy) is 1. The van der Waals surface area contributed by atoms with Crippen molar-refractivity contribution in [1.82, 2.24) is 19.8 Å². The molecule has 0 N–H and O–H groups in total. The van der Waals surface area contributed by atoms with Gasteiger partial charge in [-0.15, -0.1) is 0 Å². The van der Waals surface area contributed by atoms with E-state index in [0.29, 0.717) is 37.5 Å². The predicted molar refractivity (Wildman–Crippen MR) is 126 cm³/mol. The first-order valence-corrected chi connectivity index (χ1v) is 11.2. The topological polar surface area (TPSA) is 75.6 Å². The molecule has 170 valence electrons. The van der Waals surface area contributed by atoms with E-state index in [1.807, 2.05) is 47.5 Å². The molecule has 1 atom stereocenters. The third kappa shape index (κ3) is 4.87. The van der Waals surface area contributed by atoms with Crippen LogP contribution in [0.2, 0.25) is 0 Å². The molecule has 0 aliphatic carbocycles. The van der Waals surface area contributed by atoms with Gasteiger partial charge in [0.25, 0.3) is 5.91 Å². The van der Waals surface area contributed by atoms with Gasteiger partial charge in [-0.2, -0.15) is 0 Å². The van der Waals surface area contributed by atoms with E-state index >= 15 is 0 Å². The van der Waals surface area contributed by atoms with Crippen LogP contribution < -0.4 is 4.74 Å². The number of hydrogen-bond acceptors (Lipinski definition) is 5. The van der Waals surface area contributed by atoms with Crippen LogP contribution in [-0.2, 0) is 11.2 Å². The largest absolute Gasteiger partial charge is 0.481 e. The van der Waals surface area contributed by atoms with E-state index < -0.39 is 6.04 Å². The Bertz CT molecular complexity index is 1100. The average Bonchev–Trinajstić information content (AvgIpc) is 2.87. The number of nitrogens with zero attached hydrogens (tertiary/aromatic N) is 4. The van der Waals surface area contributed by atoms with E-state index in [2.05, 4.69) is 16.9 Å². The fourth-order valence-electron chi connectivity index (χ4n) is 4.27. The summed E-state index contributed by atoms with van der Waals surface area (Å²) in [5, 5.41) is 0. The molecule has 0 spiro atoms. The highest BCUT2D eigenvalue weighted by atomic mass is 16.5. The molecule has 7 heteroatoms. The third-order valence-corrected chi connectivity index (χ3v) is 5.93. The zero-order chi connectivity index (χ0) is 23.2. The fraction of sp³-hybridized carbons (Fsp3) is 0.308. The summed E-state index contributed by atoms with van der Waals surface area (Å²) in [6.45, 7) is 3.76. The van der Waals surface area contributed by atoms with Gasteiger partial charge in [0.15, 0.2) is 0 Å². The predicted octanol–water partition coefficient (Wildman–Crippen LogP) is 3.46. The number of piperazine rings is 1. The van der Waals surface area contributed by atoms with Crippen LogP contribution in [0.1, 0.15) is 29.3 Å². The summed E-state index contributed by atoms with van der Waals surface area (Å²) < 4.78 is 5.11. The molecular formula is C26H28N4O3. The summed E-state index contributed by atoms with van der Waals surface area (Å²) in [5.41, 5.74) is 3.45. The smallest absolute Gasteiger partial charge is 0.256 e. The van der Waals surface area contributed by atoms with Crippen molar-refractivity contribution in [1.29, 1.82) is 0 Å². The lowest BCUT2D eigenvalue weighted by Gasteiger charge is -2.41. The summed E-state index contributed by atoms with van der Waals surface area (Å²) in [5.74, 6) is 0.231. The van der Waals surface area contributed by atoms with E-state index in [0.717, 1.165) is 23.1 Å². The van der Waals surface area contributed by atoms with E-state index in [1.54, 1.807) is 23.2 Å². The van der Waals surface area contributed by atoms with Gasteiger partial charge in [-0.1, -0.05) is 37.3 Å². The van der Waals surface area contributed by atoms with Gasteiger partial charge in [0.1, 0.15) is 6.04 Å². The van der Waals surface area contributed by atoms with E-state index in [-0.39, 0.29) is 11.8 Å². The molecule has 2 aromatic heterocycles. The van der Waals surface area contributed by atoms with Crippen LogP contribution in [0.15, 0.2) is 67.1 Å².